The number of furan rings is 1. The van der Waals surface area contributed by atoms with Crippen LogP contribution >= 0.6 is 0 Å². The Bertz CT molecular complexity index is 764. The molecule has 0 saturated heterocycles. The molecule has 21 heavy (non-hydrogen) atoms. The van der Waals surface area contributed by atoms with Crippen LogP contribution in [-0.4, -0.2) is 16.7 Å². The van der Waals surface area contributed by atoms with Crippen molar-refractivity contribution in [2.75, 3.05) is 17.2 Å². The second-order valence-electron chi connectivity index (χ2n) is 5.02. The van der Waals surface area contributed by atoms with Gasteiger partial charge < -0.3 is 19.6 Å². The van der Waals surface area contributed by atoms with Crippen LogP contribution in [0.2, 0.25) is 0 Å². The molecule has 106 valence electrons. The van der Waals surface area contributed by atoms with E-state index in [0.717, 1.165) is 24.3 Å². The first-order chi connectivity index (χ1) is 10.3. The summed E-state index contributed by atoms with van der Waals surface area (Å²) in [6.07, 6.45) is 2.57. The normalized spacial score (nSPS) is 13.6. The Labute approximate surface area is 121 Å². The highest BCUT2D eigenvalue weighted by molar-refractivity contribution is 5.74. The largest absolute Gasteiger partial charge is 0.459 e. The van der Waals surface area contributed by atoms with Gasteiger partial charge in [-0.25, -0.2) is 0 Å². The Morgan fingerprint density at radius 3 is 3.05 bits per heavy atom. The summed E-state index contributed by atoms with van der Waals surface area (Å²) in [4.78, 5) is 6.55. The zero-order chi connectivity index (χ0) is 14.2. The first kappa shape index (κ1) is 12.0. The van der Waals surface area contributed by atoms with Crippen molar-refractivity contribution in [3.8, 4) is 11.7 Å². The molecule has 0 spiro atoms. The summed E-state index contributed by atoms with van der Waals surface area (Å²) in [7, 11) is 0. The maximum Gasteiger partial charge on any atom is 0.293 e. The molecule has 6 heteroatoms. The number of anilines is 2. The van der Waals surface area contributed by atoms with Gasteiger partial charge in [-0.15, -0.1) is 0 Å². The van der Waals surface area contributed by atoms with Crippen LogP contribution in [0.5, 0.6) is 0 Å². The molecule has 0 atom stereocenters. The van der Waals surface area contributed by atoms with E-state index in [2.05, 4.69) is 21.1 Å². The lowest BCUT2D eigenvalue weighted by molar-refractivity contribution is 0.408. The highest BCUT2D eigenvalue weighted by Gasteiger charge is 2.23. The predicted octanol–water partition coefficient (Wildman–Crippen LogP) is 2.47. The van der Waals surface area contributed by atoms with Crippen molar-refractivity contribution < 1.29 is 8.94 Å². The van der Waals surface area contributed by atoms with E-state index in [4.69, 9.17) is 14.7 Å². The standard InChI is InChI=1S/C15H14N4O2/c16-11-4-1-3-10-6-7-19(14(10)11)9-13-17-15(21-18-13)12-5-2-8-20-12/h1-5,8H,6-7,9,16H2. The van der Waals surface area contributed by atoms with E-state index in [0.29, 0.717) is 24.0 Å². The summed E-state index contributed by atoms with van der Waals surface area (Å²) in [5, 5.41) is 4.01. The Morgan fingerprint density at radius 2 is 2.19 bits per heavy atom. The third-order valence-corrected chi connectivity index (χ3v) is 3.65. The molecule has 1 aromatic carbocycles. The van der Waals surface area contributed by atoms with Gasteiger partial charge in [-0.1, -0.05) is 17.3 Å². The minimum Gasteiger partial charge on any atom is -0.459 e. The van der Waals surface area contributed by atoms with E-state index in [1.54, 1.807) is 18.4 Å². The van der Waals surface area contributed by atoms with Gasteiger partial charge in [0.15, 0.2) is 11.6 Å². The molecule has 0 aliphatic carbocycles. The molecule has 4 rings (SSSR count). The van der Waals surface area contributed by atoms with Gasteiger partial charge in [-0.05, 0) is 30.2 Å². The second-order valence-corrected chi connectivity index (χ2v) is 5.02. The number of rotatable bonds is 3. The van der Waals surface area contributed by atoms with E-state index >= 15 is 0 Å². The summed E-state index contributed by atoms with van der Waals surface area (Å²) in [6, 6.07) is 9.59. The topological polar surface area (TPSA) is 81.3 Å². The van der Waals surface area contributed by atoms with Gasteiger partial charge in [0, 0.05) is 6.54 Å². The van der Waals surface area contributed by atoms with E-state index in [1.165, 1.54) is 5.56 Å². The Hall–Kier alpha value is -2.76. The number of nitrogens with zero attached hydrogens (tertiary/aromatic N) is 3. The maximum atomic E-state index is 6.08. The minimum atomic E-state index is 0.399. The highest BCUT2D eigenvalue weighted by Crippen LogP contribution is 2.34. The molecule has 0 fully saturated rings. The Balaban J connectivity index is 1.59. The van der Waals surface area contributed by atoms with E-state index in [-0.39, 0.29) is 0 Å². The van der Waals surface area contributed by atoms with Gasteiger partial charge in [0.05, 0.1) is 24.2 Å². The van der Waals surface area contributed by atoms with Gasteiger partial charge >= 0.3 is 0 Å². The van der Waals surface area contributed by atoms with Crippen LogP contribution in [0, 0.1) is 0 Å². The number of hydrogen-bond donors (Lipinski definition) is 1. The SMILES string of the molecule is Nc1cccc2c1N(Cc1noc(-c3ccco3)n1)CC2. The van der Waals surface area contributed by atoms with Crippen LogP contribution in [0.15, 0.2) is 45.5 Å². The van der Waals surface area contributed by atoms with Crippen LogP contribution in [0.3, 0.4) is 0 Å². The predicted molar refractivity (Wildman–Crippen MR) is 77.6 cm³/mol. The van der Waals surface area contributed by atoms with E-state index in [9.17, 15) is 0 Å². The fourth-order valence-corrected chi connectivity index (χ4v) is 2.71. The van der Waals surface area contributed by atoms with Gasteiger partial charge in [-0.2, -0.15) is 4.98 Å². The first-order valence-electron chi connectivity index (χ1n) is 6.80. The van der Waals surface area contributed by atoms with Gasteiger partial charge in [-0.3, -0.25) is 0 Å². The fourth-order valence-electron chi connectivity index (χ4n) is 2.71. The molecule has 1 aliphatic heterocycles. The lowest BCUT2D eigenvalue weighted by Gasteiger charge is -2.18. The van der Waals surface area contributed by atoms with Crippen LogP contribution in [0.1, 0.15) is 11.4 Å². The molecule has 0 amide bonds. The quantitative estimate of drug-likeness (QED) is 0.743. The monoisotopic (exact) mass is 282 g/mol. The summed E-state index contributed by atoms with van der Waals surface area (Å²) in [5.41, 5.74) is 9.22. The number of benzene rings is 1. The zero-order valence-electron chi connectivity index (χ0n) is 11.3. The van der Waals surface area contributed by atoms with Crippen molar-refractivity contribution in [2.45, 2.75) is 13.0 Å². The maximum absolute atomic E-state index is 6.08. The number of aromatic nitrogens is 2. The van der Waals surface area contributed by atoms with Crippen LogP contribution in [0.4, 0.5) is 11.4 Å². The average Bonchev–Trinajstić information content (AvgIpc) is 3.19. The summed E-state index contributed by atoms with van der Waals surface area (Å²) in [6.45, 7) is 1.49. The molecule has 2 N–H and O–H groups in total. The fraction of sp³-hybridized carbons (Fsp3) is 0.200. The number of para-hydroxylation sites is 1. The van der Waals surface area contributed by atoms with Crippen molar-refractivity contribution in [1.29, 1.82) is 0 Å². The number of fused-ring (bicyclic) bond motifs is 1. The smallest absolute Gasteiger partial charge is 0.293 e. The lowest BCUT2D eigenvalue weighted by atomic mass is 10.1. The number of hydrogen-bond acceptors (Lipinski definition) is 6. The zero-order valence-corrected chi connectivity index (χ0v) is 11.3. The molecule has 3 aromatic rings. The van der Waals surface area contributed by atoms with E-state index < -0.39 is 0 Å². The average molecular weight is 282 g/mol. The molecule has 0 radical (unpaired) electrons. The lowest BCUT2D eigenvalue weighted by Crippen LogP contribution is -2.21. The molecule has 1 aliphatic rings. The third kappa shape index (κ3) is 2.05. The molecule has 0 saturated carbocycles. The van der Waals surface area contributed by atoms with E-state index in [1.807, 2.05) is 12.1 Å². The van der Waals surface area contributed by atoms with Crippen LogP contribution in [-0.2, 0) is 13.0 Å². The van der Waals surface area contributed by atoms with Crippen molar-refractivity contribution in [3.05, 3.63) is 48.0 Å². The second kappa shape index (κ2) is 4.66. The van der Waals surface area contributed by atoms with Gasteiger partial charge in [0.1, 0.15) is 0 Å². The van der Waals surface area contributed by atoms with Crippen molar-refractivity contribution in [3.63, 3.8) is 0 Å². The van der Waals surface area contributed by atoms with Gasteiger partial charge in [0.2, 0.25) is 0 Å². The molecule has 3 heterocycles. The first-order valence-corrected chi connectivity index (χ1v) is 6.80. The van der Waals surface area contributed by atoms with Crippen molar-refractivity contribution in [1.82, 2.24) is 10.1 Å². The summed E-state index contributed by atoms with van der Waals surface area (Å²) < 4.78 is 10.5. The molecular weight excluding hydrogens is 268 g/mol. The molecule has 0 unspecified atom stereocenters. The summed E-state index contributed by atoms with van der Waals surface area (Å²) >= 11 is 0. The highest BCUT2D eigenvalue weighted by atomic mass is 16.5. The number of nitrogen functional groups attached to an aromatic ring is 1. The van der Waals surface area contributed by atoms with Crippen LogP contribution in [0.25, 0.3) is 11.7 Å². The van der Waals surface area contributed by atoms with Crippen molar-refractivity contribution in [2.24, 2.45) is 0 Å². The molecule has 0 bridgehead atoms. The molecule has 2 aromatic heterocycles. The van der Waals surface area contributed by atoms with Crippen molar-refractivity contribution >= 4 is 11.4 Å². The Kier molecular flexibility index (Phi) is 2.67. The molecule has 6 nitrogen and oxygen atoms in total. The third-order valence-electron chi connectivity index (χ3n) is 3.65. The molecular formula is C15H14N4O2. The van der Waals surface area contributed by atoms with Crippen LogP contribution < -0.4 is 10.6 Å². The summed E-state index contributed by atoms with van der Waals surface area (Å²) in [5.74, 6) is 1.60. The number of nitrogens with two attached hydrogens (primary N) is 1. The Morgan fingerprint density at radius 1 is 1.24 bits per heavy atom. The minimum absolute atomic E-state index is 0.399. The van der Waals surface area contributed by atoms with Gasteiger partial charge in [0.25, 0.3) is 5.89 Å².